The van der Waals surface area contributed by atoms with Gasteiger partial charge in [-0.05, 0) is 26.2 Å². The van der Waals surface area contributed by atoms with Gasteiger partial charge in [0.1, 0.15) is 11.9 Å². The van der Waals surface area contributed by atoms with Gasteiger partial charge in [0, 0.05) is 50.7 Å². The maximum atomic E-state index is 5.36. The summed E-state index contributed by atoms with van der Waals surface area (Å²) >= 11 is 1.54. The molecule has 2 aromatic heterocycles. The smallest absolute Gasteiger partial charge is 0.240 e. The molecule has 9 heteroatoms. The number of anilines is 1. The molecule has 3 heterocycles. The summed E-state index contributed by atoms with van der Waals surface area (Å²) in [6.07, 6.45) is 3.44. The minimum Gasteiger partial charge on any atom is -0.374 e. The van der Waals surface area contributed by atoms with E-state index in [0.29, 0.717) is 24.2 Å². The molecule has 1 atom stereocenters. The Morgan fingerprint density at radius 3 is 2.92 bits per heavy atom. The molecule has 0 amide bonds. The number of ether oxygens (including phenoxy) is 1. The van der Waals surface area contributed by atoms with Crippen LogP contribution in [0.15, 0.2) is 4.52 Å². The van der Waals surface area contributed by atoms with Crippen molar-refractivity contribution in [3.8, 4) is 0 Å². The molecular weight excluding hydrogens is 340 g/mol. The van der Waals surface area contributed by atoms with Gasteiger partial charge in [-0.3, -0.25) is 4.90 Å². The molecule has 2 fully saturated rings. The van der Waals surface area contributed by atoms with E-state index in [2.05, 4.69) is 24.3 Å². The van der Waals surface area contributed by atoms with E-state index in [-0.39, 0.29) is 6.10 Å². The first-order chi connectivity index (χ1) is 12.2. The average Bonchev–Trinajstić information content (AvgIpc) is 3.26. The highest BCUT2D eigenvalue weighted by Crippen LogP contribution is 2.39. The molecule has 8 nitrogen and oxygen atoms in total. The number of methoxy groups -OCH3 is 1. The first-order valence-electron chi connectivity index (χ1n) is 8.89. The number of hydrogen-bond acceptors (Lipinski definition) is 9. The fourth-order valence-electron chi connectivity index (χ4n) is 2.98. The van der Waals surface area contributed by atoms with Gasteiger partial charge >= 0.3 is 0 Å². The van der Waals surface area contributed by atoms with Gasteiger partial charge in [-0.15, -0.1) is 0 Å². The molecule has 0 spiro atoms. The summed E-state index contributed by atoms with van der Waals surface area (Å²) in [6, 6.07) is 0. The third kappa shape index (κ3) is 3.99. The van der Waals surface area contributed by atoms with E-state index in [1.165, 1.54) is 24.4 Å². The van der Waals surface area contributed by atoms with Gasteiger partial charge in [0.05, 0.1) is 6.54 Å². The molecule has 136 valence electrons. The van der Waals surface area contributed by atoms with Crippen molar-refractivity contribution >= 4 is 16.7 Å². The SMILES string of the molecule is COC(C)c1noc(CN2CCCN(c3nc(C4CC4)ns3)CC2)n1. The van der Waals surface area contributed by atoms with Crippen LogP contribution in [0.3, 0.4) is 0 Å². The summed E-state index contributed by atoms with van der Waals surface area (Å²) < 4.78 is 15.1. The lowest BCUT2D eigenvalue weighted by atomic mass is 10.4. The third-order valence-electron chi connectivity index (χ3n) is 4.79. The molecular formula is C16H24N6O2S. The van der Waals surface area contributed by atoms with Gasteiger partial charge in [-0.1, -0.05) is 5.16 Å². The van der Waals surface area contributed by atoms with Gasteiger partial charge in [0.25, 0.3) is 0 Å². The third-order valence-corrected chi connectivity index (χ3v) is 5.58. The van der Waals surface area contributed by atoms with Gasteiger partial charge in [0.2, 0.25) is 11.0 Å². The second-order valence-electron chi connectivity index (χ2n) is 6.75. The molecule has 2 aromatic rings. The van der Waals surface area contributed by atoms with E-state index in [9.17, 15) is 0 Å². The Morgan fingerprint density at radius 1 is 1.24 bits per heavy atom. The summed E-state index contributed by atoms with van der Waals surface area (Å²) in [5, 5.41) is 5.07. The monoisotopic (exact) mass is 364 g/mol. The Hall–Kier alpha value is -1.58. The van der Waals surface area contributed by atoms with Crippen LogP contribution >= 0.6 is 11.5 Å². The molecule has 0 N–H and O–H groups in total. The zero-order valence-electron chi connectivity index (χ0n) is 14.7. The van der Waals surface area contributed by atoms with E-state index in [0.717, 1.165) is 43.6 Å². The predicted molar refractivity (Wildman–Crippen MR) is 93.7 cm³/mol. The lowest BCUT2D eigenvalue weighted by Crippen LogP contribution is -2.30. The molecule has 1 saturated carbocycles. The van der Waals surface area contributed by atoms with Crippen molar-refractivity contribution in [1.29, 1.82) is 0 Å². The molecule has 0 aromatic carbocycles. The summed E-state index contributed by atoms with van der Waals surface area (Å²) in [7, 11) is 1.65. The van der Waals surface area contributed by atoms with Gasteiger partial charge in [-0.25, -0.2) is 4.98 Å². The molecule has 1 aliphatic heterocycles. The van der Waals surface area contributed by atoms with Gasteiger partial charge < -0.3 is 14.2 Å². The second kappa shape index (κ2) is 7.35. The Labute approximate surface area is 151 Å². The predicted octanol–water partition coefficient (Wildman–Crippen LogP) is 2.22. The van der Waals surface area contributed by atoms with Crippen molar-refractivity contribution < 1.29 is 9.26 Å². The van der Waals surface area contributed by atoms with Crippen molar-refractivity contribution in [3.05, 3.63) is 17.5 Å². The molecule has 1 saturated heterocycles. The van der Waals surface area contributed by atoms with Crippen molar-refractivity contribution in [1.82, 2.24) is 24.4 Å². The van der Waals surface area contributed by atoms with Crippen molar-refractivity contribution in [2.75, 3.05) is 38.2 Å². The fraction of sp³-hybridized carbons (Fsp3) is 0.750. The summed E-state index contributed by atoms with van der Waals surface area (Å²) in [6.45, 7) is 6.54. The first kappa shape index (κ1) is 16.9. The van der Waals surface area contributed by atoms with Crippen LogP contribution in [0.4, 0.5) is 5.13 Å². The van der Waals surface area contributed by atoms with Gasteiger partial charge in [0.15, 0.2) is 5.82 Å². The summed E-state index contributed by atoms with van der Waals surface area (Å²) in [4.78, 5) is 13.9. The maximum Gasteiger partial charge on any atom is 0.240 e. The minimum atomic E-state index is -0.143. The summed E-state index contributed by atoms with van der Waals surface area (Å²) in [5.74, 6) is 2.93. The van der Waals surface area contributed by atoms with E-state index < -0.39 is 0 Å². The fourth-order valence-corrected chi connectivity index (χ4v) is 3.77. The highest BCUT2D eigenvalue weighted by Gasteiger charge is 2.29. The number of nitrogens with zero attached hydrogens (tertiary/aromatic N) is 6. The van der Waals surface area contributed by atoms with Gasteiger partial charge in [-0.2, -0.15) is 9.36 Å². The zero-order valence-corrected chi connectivity index (χ0v) is 15.5. The highest BCUT2D eigenvalue weighted by molar-refractivity contribution is 7.09. The topological polar surface area (TPSA) is 80.4 Å². The van der Waals surface area contributed by atoms with Crippen molar-refractivity contribution in [2.45, 2.75) is 44.8 Å². The minimum absolute atomic E-state index is 0.143. The lowest BCUT2D eigenvalue weighted by molar-refractivity contribution is 0.109. The average molecular weight is 364 g/mol. The molecule has 1 unspecified atom stereocenters. The van der Waals surface area contributed by atoms with Crippen LogP contribution in [0.25, 0.3) is 0 Å². The zero-order chi connectivity index (χ0) is 17.2. The van der Waals surface area contributed by atoms with E-state index in [4.69, 9.17) is 14.2 Å². The van der Waals surface area contributed by atoms with Crippen LogP contribution in [0.1, 0.15) is 55.7 Å². The molecule has 0 bridgehead atoms. The van der Waals surface area contributed by atoms with E-state index in [1.54, 1.807) is 7.11 Å². The highest BCUT2D eigenvalue weighted by atomic mass is 32.1. The normalized spacial score (nSPS) is 20.6. The van der Waals surface area contributed by atoms with Crippen LogP contribution in [0.2, 0.25) is 0 Å². The van der Waals surface area contributed by atoms with Crippen LogP contribution in [0, 0.1) is 0 Å². The second-order valence-corrected chi connectivity index (χ2v) is 7.48. The largest absolute Gasteiger partial charge is 0.374 e. The number of hydrogen-bond donors (Lipinski definition) is 0. The molecule has 4 rings (SSSR count). The molecule has 25 heavy (non-hydrogen) atoms. The van der Waals surface area contributed by atoms with Crippen molar-refractivity contribution in [3.63, 3.8) is 0 Å². The van der Waals surface area contributed by atoms with Crippen LogP contribution in [-0.4, -0.2) is 57.7 Å². The van der Waals surface area contributed by atoms with Crippen LogP contribution < -0.4 is 4.90 Å². The summed E-state index contributed by atoms with van der Waals surface area (Å²) in [5.41, 5.74) is 0. The first-order valence-corrected chi connectivity index (χ1v) is 9.66. The van der Waals surface area contributed by atoms with Crippen LogP contribution in [-0.2, 0) is 11.3 Å². The Bertz CT molecular complexity index is 700. The standard InChI is InChI=1S/C16H24N6O2S/c1-11(23-2)14-17-13(24-19-14)10-21-6-3-7-22(9-8-21)16-18-15(20-25-16)12-4-5-12/h11-12H,3-10H2,1-2H3. The Morgan fingerprint density at radius 2 is 2.12 bits per heavy atom. The lowest BCUT2D eigenvalue weighted by Gasteiger charge is -2.19. The quantitative estimate of drug-likeness (QED) is 0.772. The maximum absolute atomic E-state index is 5.36. The Kier molecular flexibility index (Phi) is 4.96. The molecule has 2 aliphatic rings. The van der Waals surface area contributed by atoms with Crippen molar-refractivity contribution in [2.24, 2.45) is 0 Å². The van der Waals surface area contributed by atoms with E-state index in [1.807, 2.05) is 6.92 Å². The number of aromatic nitrogens is 4. The Balaban J connectivity index is 1.33. The molecule has 0 radical (unpaired) electrons. The van der Waals surface area contributed by atoms with E-state index >= 15 is 0 Å². The molecule has 1 aliphatic carbocycles. The number of rotatable bonds is 6. The van der Waals surface area contributed by atoms with Crippen LogP contribution in [0.5, 0.6) is 0 Å².